The van der Waals surface area contributed by atoms with Gasteiger partial charge in [-0.1, -0.05) is 23.7 Å². The van der Waals surface area contributed by atoms with Crippen LogP contribution in [0.15, 0.2) is 42.5 Å². The van der Waals surface area contributed by atoms with Gasteiger partial charge in [0.2, 0.25) is 0 Å². The number of hydrogen-bond acceptors (Lipinski definition) is 4. The zero-order chi connectivity index (χ0) is 17.7. The Balaban J connectivity index is 2.07. The van der Waals surface area contributed by atoms with Gasteiger partial charge in [0.25, 0.3) is 5.91 Å². The lowest BCUT2D eigenvalue weighted by Crippen LogP contribution is -2.34. The van der Waals surface area contributed by atoms with Gasteiger partial charge < -0.3 is 20.1 Å². The number of likely N-dealkylation sites (N-methyl/N-ethyl adjacent to an activating group) is 1. The molecule has 0 fully saturated rings. The van der Waals surface area contributed by atoms with Crippen molar-refractivity contribution in [1.29, 1.82) is 0 Å². The molecule has 6 heteroatoms. The van der Waals surface area contributed by atoms with Crippen LogP contribution in [0.4, 0.5) is 0 Å². The Morgan fingerprint density at radius 2 is 1.92 bits per heavy atom. The Bertz CT molecular complexity index is 702. The van der Waals surface area contributed by atoms with Crippen molar-refractivity contribution in [3.8, 4) is 11.5 Å². The normalized spacial score (nSPS) is 12.0. The van der Waals surface area contributed by atoms with E-state index in [1.807, 2.05) is 43.3 Å². The third-order valence-corrected chi connectivity index (χ3v) is 4.09. The third kappa shape index (κ3) is 4.40. The highest BCUT2D eigenvalue weighted by atomic mass is 35.5. The Kier molecular flexibility index (Phi) is 6.06. The molecule has 0 aliphatic carbocycles. The molecule has 0 aliphatic heterocycles. The van der Waals surface area contributed by atoms with Crippen molar-refractivity contribution < 1.29 is 14.6 Å². The van der Waals surface area contributed by atoms with E-state index in [0.717, 1.165) is 11.3 Å². The molecule has 2 aromatic carbocycles. The number of halogens is 1. The number of nitrogens with one attached hydrogen (secondary N) is 1. The van der Waals surface area contributed by atoms with Gasteiger partial charge in [-0.2, -0.15) is 0 Å². The fourth-order valence-electron chi connectivity index (χ4n) is 2.36. The maximum absolute atomic E-state index is 12.3. The van der Waals surface area contributed by atoms with Crippen LogP contribution >= 0.6 is 11.6 Å². The van der Waals surface area contributed by atoms with Gasteiger partial charge in [-0.05, 0) is 50.0 Å². The molecular weight excluding hydrogens is 328 g/mol. The molecule has 1 atom stereocenters. The van der Waals surface area contributed by atoms with Gasteiger partial charge >= 0.3 is 0 Å². The van der Waals surface area contributed by atoms with Crippen LogP contribution in [0.25, 0.3) is 0 Å². The van der Waals surface area contributed by atoms with Gasteiger partial charge in [-0.3, -0.25) is 4.79 Å². The maximum atomic E-state index is 12.3. The highest BCUT2D eigenvalue weighted by Crippen LogP contribution is 2.24. The first kappa shape index (κ1) is 18.1. The first-order valence-electron chi connectivity index (χ1n) is 7.49. The molecule has 2 rings (SSSR count). The van der Waals surface area contributed by atoms with Crippen molar-refractivity contribution in [3.63, 3.8) is 0 Å². The lowest BCUT2D eigenvalue weighted by atomic mass is 10.1. The number of methoxy groups -OCH3 is 1. The van der Waals surface area contributed by atoms with Crippen LogP contribution < -0.4 is 10.1 Å². The lowest BCUT2D eigenvalue weighted by Gasteiger charge is -2.25. The van der Waals surface area contributed by atoms with E-state index in [1.165, 1.54) is 18.2 Å². The van der Waals surface area contributed by atoms with Gasteiger partial charge in [0.15, 0.2) is 0 Å². The average Bonchev–Trinajstić information content (AvgIpc) is 2.57. The number of phenols is 1. The Hall–Kier alpha value is -2.24. The number of benzene rings is 2. The lowest BCUT2D eigenvalue weighted by molar-refractivity contribution is 0.0942. The topological polar surface area (TPSA) is 61.8 Å². The molecule has 0 saturated carbocycles. The molecule has 1 unspecified atom stereocenters. The number of aromatic hydroxyl groups is 1. The summed E-state index contributed by atoms with van der Waals surface area (Å²) < 4.78 is 5.17. The maximum Gasteiger partial charge on any atom is 0.251 e. The summed E-state index contributed by atoms with van der Waals surface area (Å²) in [5.41, 5.74) is 1.48. The molecule has 5 nitrogen and oxygen atoms in total. The van der Waals surface area contributed by atoms with E-state index in [2.05, 4.69) is 5.32 Å². The minimum atomic E-state index is -0.239. The number of carbonyl (C=O) groups excluding carboxylic acids is 1. The summed E-state index contributed by atoms with van der Waals surface area (Å²) >= 11 is 5.85. The first-order chi connectivity index (χ1) is 11.4. The molecule has 0 aliphatic rings. The number of ether oxygens (including phenoxy) is 1. The van der Waals surface area contributed by atoms with E-state index in [9.17, 15) is 9.90 Å². The Labute approximate surface area is 146 Å². The van der Waals surface area contributed by atoms with Crippen LogP contribution in [0.3, 0.4) is 0 Å². The summed E-state index contributed by atoms with van der Waals surface area (Å²) in [6.07, 6.45) is 0. The molecule has 2 N–H and O–H groups in total. The third-order valence-electron chi connectivity index (χ3n) is 3.79. The SMILES string of the molecule is COc1ccc(C(CNC(=O)c2ccc(O)c(Cl)c2)N(C)C)cc1. The second kappa shape index (κ2) is 8.04. The number of amides is 1. The molecule has 0 aromatic heterocycles. The highest BCUT2D eigenvalue weighted by Gasteiger charge is 2.16. The van der Waals surface area contributed by atoms with E-state index in [0.29, 0.717) is 12.1 Å². The molecule has 0 saturated heterocycles. The number of phenolic OH excluding ortho intramolecular Hbond substituents is 1. The van der Waals surface area contributed by atoms with E-state index < -0.39 is 0 Å². The fraction of sp³-hybridized carbons (Fsp3) is 0.278. The minimum absolute atomic E-state index is 0.0208. The number of carbonyl (C=O) groups is 1. The average molecular weight is 349 g/mol. The van der Waals surface area contributed by atoms with Crippen LogP contribution in [-0.4, -0.2) is 43.7 Å². The fourth-order valence-corrected chi connectivity index (χ4v) is 2.54. The number of nitrogens with zero attached hydrogens (tertiary/aromatic N) is 1. The van der Waals surface area contributed by atoms with E-state index in [1.54, 1.807) is 7.11 Å². The summed E-state index contributed by atoms with van der Waals surface area (Å²) in [6, 6.07) is 12.2. The van der Waals surface area contributed by atoms with Crippen molar-refractivity contribution in [2.75, 3.05) is 27.7 Å². The van der Waals surface area contributed by atoms with Crippen LogP contribution in [0.1, 0.15) is 22.0 Å². The quantitative estimate of drug-likeness (QED) is 0.842. The van der Waals surface area contributed by atoms with Crippen LogP contribution in [0.2, 0.25) is 5.02 Å². The molecule has 24 heavy (non-hydrogen) atoms. The van der Waals surface area contributed by atoms with Crippen molar-refractivity contribution in [3.05, 3.63) is 58.6 Å². The van der Waals surface area contributed by atoms with E-state index in [4.69, 9.17) is 16.3 Å². The molecule has 0 heterocycles. The zero-order valence-corrected chi connectivity index (χ0v) is 14.7. The van der Waals surface area contributed by atoms with Crippen molar-refractivity contribution in [2.45, 2.75) is 6.04 Å². The Morgan fingerprint density at radius 1 is 1.25 bits per heavy atom. The molecule has 128 valence electrons. The smallest absolute Gasteiger partial charge is 0.251 e. The van der Waals surface area contributed by atoms with Crippen molar-refractivity contribution in [1.82, 2.24) is 10.2 Å². The van der Waals surface area contributed by atoms with Gasteiger partial charge in [0.05, 0.1) is 18.2 Å². The summed E-state index contributed by atoms with van der Waals surface area (Å²) in [4.78, 5) is 14.3. The van der Waals surface area contributed by atoms with Crippen LogP contribution in [0.5, 0.6) is 11.5 Å². The Morgan fingerprint density at radius 3 is 2.46 bits per heavy atom. The molecular formula is C18H21ClN2O3. The first-order valence-corrected chi connectivity index (χ1v) is 7.87. The van der Waals surface area contributed by atoms with Crippen molar-refractivity contribution in [2.24, 2.45) is 0 Å². The minimum Gasteiger partial charge on any atom is -0.506 e. The molecule has 2 aromatic rings. The summed E-state index contributed by atoms with van der Waals surface area (Å²) in [6.45, 7) is 0.441. The monoisotopic (exact) mass is 348 g/mol. The van der Waals surface area contributed by atoms with E-state index in [-0.39, 0.29) is 22.7 Å². The van der Waals surface area contributed by atoms with Gasteiger partial charge in [-0.15, -0.1) is 0 Å². The van der Waals surface area contributed by atoms with Crippen molar-refractivity contribution >= 4 is 17.5 Å². The summed E-state index contributed by atoms with van der Waals surface area (Å²) in [5.74, 6) is 0.508. The highest BCUT2D eigenvalue weighted by molar-refractivity contribution is 6.32. The molecule has 1 amide bonds. The summed E-state index contributed by atoms with van der Waals surface area (Å²) in [7, 11) is 5.54. The standard InChI is InChI=1S/C18H21ClN2O3/c1-21(2)16(12-4-7-14(24-3)8-5-12)11-20-18(23)13-6-9-17(22)15(19)10-13/h4-10,16,22H,11H2,1-3H3,(H,20,23). The second-order valence-electron chi connectivity index (χ2n) is 5.63. The summed E-state index contributed by atoms with van der Waals surface area (Å²) in [5, 5.41) is 12.5. The molecule has 0 bridgehead atoms. The second-order valence-corrected chi connectivity index (χ2v) is 6.04. The molecule has 0 spiro atoms. The largest absolute Gasteiger partial charge is 0.506 e. The predicted octanol–water partition coefficient (Wildman–Crippen LogP) is 3.09. The zero-order valence-electron chi connectivity index (χ0n) is 13.9. The number of hydrogen-bond donors (Lipinski definition) is 2. The van der Waals surface area contributed by atoms with Gasteiger partial charge in [0.1, 0.15) is 11.5 Å². The number of rotatable bonds is 6. The van der Waals surface area contributed by atoms with Gasteiger partial charge in [-0.25, -0.2) is 0 Å². The van der Waals surface area contributed by atoms with Crippen LogP contribution in [0, 0.1) is 0 Å². The molecule has 0 radical (unpaired) electrons. The van der Waals surface area contributed by atoms with Crippen LogP contribution in [-0.2, 0) is 0 Å². The van der Waals surface area contributed by atoms with E-state index >= 15 is 0 Å². The van der Waals surface area contributed by atoms with Gasteiger partial charge in [0, 0.05) is 12.1 Å². The predicted molar refractivity (Wildman–Crippen MR) is 94.9 cm³/mol.